The summed E-state index contributed by atoms with van der Waals surface area (Å²) in [5.41, 5.74) is 1.25. The standard InChI is InChI=1S/C33H31Cl3FN3O4S/c1-2-17-38-33(42)31(18-23-9-5-3-6-10-23)39(21-24-13-14-25(34)19-28(24)35)32(41)22-40(26-15-16-30(37)29(36)20-26)45(43,44)27-11-7-4-8-12-27/h3-16,19-20,31H,2,17-18,21-22H2,1H3,(H,38,42)/t31-/m1/s1. The van der Waals surface area contributed by atoms with Gasteiger partial charge in [0, 0.05) is 29.6 Å². The molecule has 4 aromatic rings. The Morgan fingerprint density at radius 3 is 2.16 bits per heavy atom. The van der Waals surface area contributed by atoms with Crippen molar-refractivity contribution in [1.82, 2.24) is 10.2 Å². The minimum absolute atomic E-state index is 0.0295. The Morgan fingerprint density at radius 2 is 1.53 bits per heavy atom. The van der Waals surface area contributed by atoms with E-state index in [0.29, 0.717) is 23.6 Å². The topological polar surface area (TPSA) is 86.8 Å². The molecule has 236 valence electrons. The van der Waals surface area contributed by atoms with Gasteiger partial charge in [-0.1, -0.05) is 96.3 Å². The molecular weight excluding hydrogens is 660 g/mol. The highest BCUT2D eigenvalue weighted by molar-refractivity contribution is 7.92. The minimum atomic E-state index is -4.36. The first-order valence-corrected chi connectivity index (χ1v) is 16.7. The molecule has 1 N–H and O–H groups in total. The summed E-state index contributed by atoms with van der Waals surface area (Å²) in [6.07, 6.45) is 0.802. The second kappa shape index (κ2) is 15.6. The molecular formula is C33H31Cl3FN3O4S. The fourth-order valence-corrected chi connectivity index (χ4v) is 6.71. The maximum Gasteiger partial charge on any atom is 0.264 e. The first-order valence-electron chi connectivity index (χ1n) is 14.1. The van der Waals surface area contributed by atoms with E-state index in [1.54, 1.807) is 30.3 Å². The number of hydrogen-bond donors (Lipinski definition) is 1. The third-order valence-electron chi connectivity index (χ3n) is 6.98. The smallest absolute Gasteiger partial charge is 0.264 e. The molecule has 0 saturated carbocycles. The van der Waals surface area contributed by atoms with Gasteiger partial charge in [0.05, 0.1) is 15.6 Å². The van der Waals surface area contributed by atoms with Crippen molar-refractivity contribution in [3.05, 3.63) is 129 Å². The Kier molecular flexibility index (Phi) is 11.9. The lowest BCUT2D eigenvalue weighted by Gasteiger charge is -2.34. The lowest BCUT2D eigenvalue weighted by Crippen LogP contribution is -2.53. The average Bonchev–Trinajstić information content (AvgIpc) is 3.03. The molecule has 0 radical (unpaired) electrons. The van der Waals surface area contributed by atoms with Crippen LogP contribution >= 0.6 is 34.8 Å². The number of nitrogens with one attached hydrogen (secondary N) is 1. The second-order valence-corrected chi connectivity index (χ2v) is 13.3. The zero-order valence-electron chi connectivity index (χ0n) is 24.3. The first kappa shape index (κ1) is 34.2. The molecule has 1 atom stereocenters. The molecule has 0 bridgehead atoms. The quantitative estimate of drug-likeness (QED) is 0.162. The van der Waals surface area contributed by atoms with Crippen LogP contribution < -0.4 is 9.62 Å². The van der Waals surface area contributed by atoms with E-state index >= 15 is 0 Å². The van der Waals surface area contributed by atoms with E-state index in [1.807, 2.05) is 37.3 Å². The van der Waals surface area contributed by atoms with Gasteiger partial charge in [0.1, 0.15) is 18.4 Å². The summed E-state index contributed by atoms with van der Waals surface area (Å²) < 4.78 is 43.0. The number of hydrogen-bond acceptors (Lipinski definition) is 4. The van der Waals surface area contributed by atoms with Crippen LogP contribution in [-0.4, -0.2) is 44.3 Å². The van der Waals surface area contributed by atoms with Crippen molar-refractivity contribution >= 4 is 62.3 Å². The fourth-order valence-electron chi connectivity index (χ4n) is 4.64. The molecule has 2 amide bonds. The maximum atomic E-state index is 14.4. The van der Waals surface area contributed by atoms with E-state index in [9.17, 15) is 22.4 Å². The van der Waals surface area contributed by atoms with Gasteiger partial charge in [0.25, 0.3) is 10.0 Å². The Hall–Kier alpha value is -3.63. The van der Waals surface area contributed by atoms with E-state index in [4.69, 9.17) is 34.8 Å². The highest BCUT2D eigenvalue weighted by atomic mass is 35.5. The van der Waals surface area contributed by atoms with Gasteiger partial charge in [-0.25, -0.2) is 12.8 Å². The van der Waals surface area contributed by atoms with Crippen molar-refractivity contribution in [3.63, 3.8) is 0 Å². The van der Waals surface area contributed by atoms with Crippen molar-refractivity contribution in [2.45, 2.75) is 37.2 Å². The van der Waals surface area contributed by atoms with Crippen LogP contribution in [0.2, 0.25) is 15.1 Å². The van der Waals surface area contributed by atoms with E-state index in [-0.39, 0.29) is 33.6 Å². The van der Waals surface area contributed by atoms with Gasteiger partial charge in [0.15, 0.2) is 0 Å². The zero-order valence-corrected chi connectivity index (χ0v) is 27.4. The van der Waals surface area contributed by atoms with Crippen LogP contribution in [0, 0.1) is 5.82 Å². The third-order valence-corrected chi connectivity index (χ3v) is 9.64. The Labute approximate surface area is 277 Å². The van der Waals surface area contributed by atoms with Gasteiger partial charge in [-0.3, -0.25) is 13.9 Å². The molecule has 0 saturated heterocycles. The molecule has 4 rings (SSSR count). The molecule has 45 heavy (non-hydrogen) atoms. The summed E-state index contributed by atoms with van der Waals surface area (Å²) in [4.78, 5) is 29.3. The number of amides is 2. The first-order chi connectivity index (χ1) is 21.5. The lowest BCUT2D eigenvalue weighted by molar-refractivity contribution is -0.140. The zero-order chi connectivity index (χ0) is 32.6. The second-order valence-electron chi connectivity index (χ2n) is 10.2. The van der Waals surface area contributed by atoms with Gasteiger partial charge < -0.3 is 10.2 Å². The van der Waals surface area contributed by atoms with Crippen LogP contribution in [0.5, 0.6) is 0 Å². The number of carbonyl (C=O) groups is 2. The molecule has 7 nitrogen and oxygen atoms in total. The van der Waals surface area contributed by atoms with Crippen LogP contribution in [0.4, 0.5) is 10.1 Å². The number of carbonyl (C=O) groups excluding carboxylic acids is 2. The minimum Gasteiger partial charge on any atom is -0.354 e. The summed E-state index contributed by atoms with van der Waals surface area (Å²) >= 11 is 18.7. The van der Waals surface area contributed by atoms with E-state index < -0.39 is 40.2 Å². The number of halogens is 4. The van der Waals surface area contributed by atoms with Crippen molar-refractivity contribution in [2.75, 3.05) is 17.4 Å². The molecule has 0 aromatic heterocycles. The molecule has 0 unspecified atom stereocenters. The van der Waals surface area contributed by atoms with Crippen LogP contribution in [0.3, 0.4) is 0 Å². The normalized spacial score (nSPS) is 11.9. The molecule has 0 fully saturated rings. The maximum absolute atomic E-state index is 14.4. The van der Waals surface area contributed by atoms with Crippen LogP contribution in [0.15, 0.2) is 102 Å². The van der Waals surface area contributed by atoms with Gasteiger partial charge >= 0.3 is 0 Å². The SMILES string of the molecule is CCCNC(=O)[C@@H](Cc1ccccc1)N(Cc1ccc(Cl)cc1Cl)C(=O)CN(c1ccc(F)c(Cl)c1)S(=O)(=O)c1ccccc1. The Morgan fingerprint density at radius 1 is 0.867 bits per heavy atom. The number of rotatable bonds is 13. The highest BCUT2D eigenvalue weighted by Gasteiger charge is 2.35. The Bertz CT molecular complexity index is 1750. The molecule has 0 aliphatic heterocycles. The van der Waals surface area contributed by atoms with E-state index in [0.717, 1.165) is 22.0 Å². The number of anilines is 1. The number of sulfonamides is 1. The van der Waals surface area contributed by atoms with Crippen molar-refractivity contribution in [1.29, 1.82) is 0 Å². The lowest BCUT2D eigenvalue weighted by atomic mass is 10.0. The molecule has 4 aromatic carbocycles. The van der Waals surface area contributed by atoms with E-state index in [2.05, 4.69) is 5.32 Å². The van der Waals surface area contributed by atoms with Crippen molar-refractivity contribution < 1.29 is 22.4 Å². The summed E-state index contributed by atoms with van der Waals surface area (Å²) in [6.45, 7) is 1.42. The van der Waals surface area contributed by atoms with Gasteiger partial charge in [0.2, 0.25) is 11.8 Å². The molecule has 0 aliphatic carbocycles. The van der Waals surface area contributed by atoms with Crippen LogP contribution in [0.25, 0.3) is 0 Å². The Balaban J connectivity index is 1.82. The summed E-state index contributed by atoms with van der Waals surface area (Å²) in [6, 6.07) is 23.8. The summed E-state index contributed by atoms with van der Waals surface area (Å²) in [7, 11) is -4.36. The molecule has 0 heterocycles. The average molecular weight is 691 g/mol. The summed E-state index contributed by atoms with van der Waals surface area (Å²) in [5, 5.41) is 3.21. The predicted molar refractivity (Wildman–Crippen MR) is 177 cm³/mol. The van der Waals surface area contributed by atoms with Gasteiger partial charge in [-0.15, -0.1) is 0 Å². The number of nitrogens with zero attached hydrogens (tertiary/aromatic N) is 2. The van der Waals surface area contributed by atoms with Crippen LogP contribution in [0.1, 0.15) is 24.5 Å². The monoisotopic (exact) mass is 689 g/mol. The van der Waals surface area contributed by atoms with Crippen molar-refractivity contribution in [3.8, 4) is 0 Å². The van der Waals surface area contributed by atoms with E-state index in [1.165, 1.54) is 29.2 Å². The largest absolute Gasteiger partial charge is 0.354 e. The van der Waals surface area contributed by atoms with Crippen LogP contribution in [-0.2, 0) is 32.6 Å². The fraction of sp³-hybridized carbons (Fsp3) is 0.212. The van der Waals surface area contributed by atoms with Crippen molar-refractivity contribution in [2.24, 2.45) is 0 Å². The third kappa shape index (κ3) is 8.76. The van der Waals surface area contributed by atoms with Gasteiger partial charge in [-0.05, 0) is 60.0 Å². The predicted octanol–water partition coefficient (Wildman–Crippen LogP) is 7.15. The number of benzene rings is 4. The molecule has 0 spiro atoms. The summed E-state index contributed by atoms with van der Waals surface area (Å²) in [5.74, 6) is -1.87. The molecule has 0 aliphatic rings. The van der Waals surface area contributed by atoms with Gasteiger partial charge in [-0.2, -0.15) is 0 Å². The molecule has 12 heteroatoms. The highest BCUT2D eigenvalue weighted by Crippen LogP contribution is 2.29.